The molecule has 1 aromatic rings. The van der Waals surface area contributed by atoms with E-state index in [1.165, 1.54) is 32.2 Å². The molecule has 30 heavy (non-hydrogen) atoms. The second kappa shape index (κ2) is 10.1. The minimum absolute atomic E-state index is 0.162. The van der Waals surface area contributed by atoms with E-state index in [0.717, 1.165) is 69.4 Å². The average molecular weight is 415 g/mol. The minimum atomic E-state index is 0.162. The highest BCUT2D eigenvalue weighted by Gasteiger charge is 2.28. The van der Waals surface area contributed by atoms with Crippen molar-refractivity contribution in [1.82, 2.24) is 14.8 Å². The number of piperidine rings is 2. The van der Waals surface area contributed by atoms with Crippen molar-refractivity contribution >= 4 is 11.7 Å². The van der Waals surface area contributed by atoms with E-state index in [9.17, 15) is 4.79 Å². The number of morpholine rings is 1. The Morgan fingerprint density at radius 1 is 1.07 bits per heavy atom. The number of hydrogen-bond donors (Lipinski definition) is 0. The summed E-state index contributed by atoms with van der Waals surface area (Å²) in [5.41, 5.74) is 0.786. The highest BCUT2D eigenvalue weighted by atomic mass is 16.5. The maximum Gasteiger partial charge on any atom is 0.257 e. The summed E-state index contributed by atoms with van der Waals surface area (Å²) in [4.78, 5) is 24.7. The van der Waals surface area contributed by atoms with Gasteiger partial charge >= 0.3 is 0 Å². The van der Waals surface area contributed by atoms with Crippen molar-refractivity contribution in [2.24, 2.45) is 5.92 Å². The number of carbonyl (C=O) groups is 1. The SMILES string of the molecule is CC1CN(CCC2CCN(c3ncccc3C(=O)N3CCCCC3)CC2)CC(C)O1. The fourth-order valence-electron chi connectivity index (χ4n) is 5.35. The van der Waals surface area contributed by atoms with Gasteiger partial charge in [0, 0.05) is 45.5 Å². The molecule has 1 aromatic heterocycles. The third-order valence-electron chi connectivity index (χ3n) is 6.92. The molecule has 3 aliphatic rings. The summed E-state index contributed by atoms with van der Waals surface area (Å²) in [5, 5.41) is 0. The smallest absolute Gasteiger partial charge is 0.257 e. The van der Waals surface area contributed by atoms with Crippen LogP contribution in [0.5, 0.6) is 0 Å². The predicted molar refractivity (Wildman–Crippen MR) is 120 cm³/mol. The van der Waals surface area contributed by atoms with Crippen LogP contribution >= 0.6 is 0 Å². The van der Waals surface area contributed by atoms with Crippen molar-refractivity contribution in [3.05, 3.63) is 23.9 Å². The van der Waals surface area contributed by atoms with Gasteiger partial charge in [0.1, 0.15) is 5.82 Å². The molecule has 3 fully saturated rings. The molecule has 6 heteroatoms. The molecular formula is C24H38N4O2. The second-order valence-corrected chi connectivity index (χ2v) is 9.46. The third kappa shape index (κ3) is 5.33. The predicted octanol–water partition coefficient (Wildman–Crippen LogP) is 3.42. The highest BCUT2D eigenvalue weighted by molar-refractivity contribution is 5.99. The van der Waals surface area contributed by atoms with Crippen LogP contribution in [0.1, 0.15) is 62.7 Å². The van der Waals surface area contributed by atoms with Gasteiger partial charge in [-0.2, -0.15) is 0 Å². The first-order chi connectivity index (χ1) is 14.6. The molecule has 0 aliphatic carbocycles. The lowest BCUT2D eigenvalue weighted by Gasteiger charge is -2.38. The van der Waals surface area contributed by atoms with Crippen molar-refractivity contribution in [2.75, 3.05) is 50.7 Å². The quantitative estimate of drug-likeness (QED) is 0.739. The second-order valence-electron chi connectivity index (χ2n) is 9.46. The summed E-state index contributed by atoms with van der Waals surface area (Å²) < 4.78 is 5.86. The fraction of sp³-hybridized carbons (Fsp3) is 0.750. The highest BCUT2D eigenvalue weighted by Crippen LogP contribution is 2.28. The van der Waals surface area contributed by atoms with E-state index in [1.54, 1.807) is 0 Å². The molecule has 3 saturated heterocycles. The van der Waals surface area contributed by atoms with Gasteiger partial charge < -0.3 is 14.5 Å². The van der Waals surface area contributed by atoms with Crippen LogP contribution in [-0.2, 0) is 4.74 Å². The average Bonchev–Trinajstić information content (AvgIpc) is 2.77. The summed E-state index contributed by atoms with van der Waals surface area (Å²) >= 11 is 0. The molecule has 0 aromatic carbocycles. The van der Waals surface area contributed by atoms with E-state index < -0.39 is 0 Å². The molecule has 6 nitrogen and oxygen atoms in total. The number of nitrogens with zero attached hydrogens (tertiary/aromatic N) is 4. The van der Waals surface area contributed by atoms with Gasteiger partial charge in [-0.1, -0.05) is 0 Å². The summed E-state index contributed by atoms with van der Waals surface area (Å²) in [5.74, 6) is 1.82. The molecular weight excluding hydrogens is 376 g/mol. The molecule has 0 bridgehead atoms. The molecule has 0 radical (unpaired) electrons. The van der Waals surface area contributed by atoms with E-state index >= 15 is 0 Å². The summed E-state index contributed by atoms with van der Waals surface area (Å²) in [6, 6.07) is 3.86. The van der Waals surface area contributed by atoms with Crippen molar-refractivity contribution in [1.29, 1.82) is 0 Å². The molecule has 4 heterocycles. The molecule has 166 valence electrons. The molecule has 0 spiro atoms. The Balaban J connectivity index is 1.30. The molecule has 4 rings (SSSR count). The largest absolute Gasteiger partial charge is 0.373 e. The van der Waals surface area contributed by atoms with Crippen molar-refractivity contribution < 1.29 is 9.53 Å². The maximum absolute atomic E-state index is 13.1. The van der Waals surface area contributed by atoms with E-state index in [2.05, 4.69) is 28.6 Å². The molecule has 0 saturated carbocycles. The maximum atomic E-state index is 13.1. The van der Waals surface area contributed by atoms with Gasteiger partial charge in [0.25, 0.3) is 5.91 Å². The topological polar surface area (TPSA) is 48.9 Å². The Hall–Kier alpha value is -1.66. The number of likely N-dealkylation sites (tertiary alicyclic amines) is 1. The minimum Gasteiger partial charge on any atom is -0.373 e. The van der Waals surface area contributed by atoms with Crippen LogP contribution in [0, 0.1) is 5.92 Å². The zero-order chi connectivity index (χ0) is 20.9. The van der Waals surface area contributed by atoms with E-state index in [0.29, 0.717) is 12.2 Å². The lowest BCUT2D eigenvalue weighted by Crippen LogP contribution is -2.46. The Labute approximate surface area is 181 Å². The molecule has 2 unspecified atom stereocenters. The van der Waals surface area contributed by atoms with Crippen LogP contribution in [0.4, 0.5) is 5.82 Å². The van der Waals surface area contributed by atoms with Gasteiger partial charge in [-0.05, 0) is 77.0 Å². The first-order valence-electron chi connectivity index (χ1n) is 12.0. The fourth-order valence-corrected chi connectivity index (χ4v) is 5.35. The lowest BCUT2D eigenvalue weighted by molar-refractivity contribution is -0.0690. The zero-order valence-corrected chi connectivity index (χ0v) is 18.8. The van der Waals surface area contributed by atoms with E-state index in [1.807, 2.05) is 23.2 Å². The van der Waals surface area contributed by atoms with E-state index in [-0.39, 0.29) is 5.91 Å². The Morgan fingerprint density at radius 2 is 1.77 bits per heavy atom. The first-order valence-corrected chi connectivity index (χ1v) is 12.0. The molecule has 3 aliphatic heterocycles. The molecule has 1 amide bonds. The zero-order valence-electron chi connectivity index (χ0n) is 18.8. The Kier molecular flexibility index (Phi) is 7.26. The van der Waals surface area contributed by atoms with Crippen LogP contribution in [0.2, 0.25) is 0 Å². The third-order valence-corrected chi connectivity index (χ3v) is 6.92. The molecule has 0 N–H and O–H groups in total. The number of amides is 1. The van der Waals surface area contributed by atoms with Crippen molar-refractivity contribution in [2.45, 2.75) is 64.6 Å². The van der Waals surface area contributed by atoms with E-state index in [4.69, 9.17) is 4.74 Å². The number of carbonyl (C=O) groups excluding carboxylic acids is 1. The standard InChI is InChI=1S/C24H38N4O2/c1-19-17-26(18-20(2)30-19)14-8-21-9-15-27(16-10-21)23-22(7-6-11-25-23)24(29)28-12-4-3-5-13-28/h6-7,11,19-21H,3-5,8-10,12-18H2,1-2H3. The number of hydrogen-bond acceptors (Lipinski definition) is 5. The monoisotopic (exact) mass is 414 g/mol. The van der Waals surface area contributed by atoms with Gasteiger partial charge in [0.05, 0.1) is 17.8 Å². The lowest BCUT2D eigenvalue weighted by atomic mass is 9.93. The van der Waals surface area contributed by atoms with Crippen LogP contribution < -0.4 is 4.90 Å². The normalized spacial score (nSPS) is 26.7. The Morgan fingerprint density at radius 3 is 2.47 bits per heavy atom. The van der Waals surface area contributed by atoms with Crippen LogP contribution in [-0.4, -0.2) is 78.7 Å². The van der Waals surface area contributed by atoms with Crippen LogP contribution in [0.25, 0.3) is 0 Å². The number of aromatic nitrogens is 1. The Bertz CT molecular complexity index is 688. The summed E-state index contributed by atoms with van der Waals surface area (Å²) in [7, 11) is 0. The van der Waals surface area contributed by atoms with Gasteiger partial charge in [0.2, 0.25) is 0 Å². The van der Waals surface area contributed by atoms with Crippen molar-refractivity contribution in [3.63, 3.8) is 0 Å². The summed E-state index contributed by atoms with van der Waals surface area (Å²) in [6.07, 6.45) is 9.61. The van der Waals surface area contributed by atoms with Crippen LogP contribution in [0.3, 0.4) is 0 Å². The van der Waals surface area contributed by atoms with Gasteiger partial charge in [-0.15, -0.1) is 0 Å². The first kappa shape index (κ1) is 21.6. The van der Waals surface area contributed by atoms with Gasteiger partial charge in [0.15, 0.2) is 0 Å². The van der Waals surface area contributed by atoms with Crippen molar-refractivity contribution in [3.8, 4) is 0 Å². The molecule has 2 atom stereocenters. The van der Waals surface area contributed by atoms with Gasteiger partial charge in [-0.3, -0.25) is 9.69 Å². The van der Waals surface area contributed by atoms with Crippen LogP contribution in [0.15, 0.2) is 18.3 Å². The van der Waals surface area contributed by atoms with Gasteiger partial charge in [-0.25, -0.2) is 4.98 Å². The number of ether oxygens (including phenoxy) is 1. The number of anilines is 1. The number of rotatable bonds is 5. The number of pyridine rings is 1. The summed E-state index contributed by atoms with van der Waals surface area (Å²) in [6.45, 7) is 11.4.